The van der Waals surface area contributed by atoms with Gasteiger partial charge in [-0.25, -0.2) is 0 Å². The van der Waals surface area contributed by atoms with Crippen molar-refractivity contribution in [2.75, 3.05) is 31.5 Å². The summed E-state index contributed by atoms with van der Waals surface area (Å²) in [5.74, 6) is 0. The van der Waals surface area contributed by atoms with E-state index < -0.39 is 0 Å². The largest absolute Gasteiger partial charge is 0.355 e. The van der Waals surface area contributed by atoms with Crippen LogP contribution in [0.3, 0.4) is 0 Å². The minimum Gasteiger partial charge on any atom is -0.355 e. The number of hydrogen-bond donors (Lipinski definition) is 2. The molecule has 4 rings (SSSR count). The van der Waals surface area contributed by atoms with Gasteiger partial charge in [0.25, 0.3) is 0 Å². The molecule has 0 aliphatic carbocycles. The van der Waals surface area contributed by atoms with E-state index in [1.54, 1.807) is 0 Å². The maximum atomic E-state index is 3.64. The summed E-state index contributed by atoms with van der Waals surface area (Å²) in [5.41, 5.74) is 8.16. The second-order valence-corrected chi connectivity index (χ2v) is 7.65. The van der Waals surface area contributed by atoms with Crippen molar-refractivity contribution in [2.45, 2.75) is 32.7 Å². The monoisotopic (exact) mass is 321 g/mol. The standard InChI is InChI=1S/C21H27N3/c1-15-5-4-6-19-20(15)21(2,3)17-13-16(7-8-18(17)23-19)14-24-11-9-22-10-12-24/h4-8,13,22-23H,9-12,14H2,1-3H3. The van der Waals surface area contributed by atoms with E-state index in [1.165, 1.54) is 33.6 Å². The summed E-state index contributed by atoms with van der Waals surface area (Å²) < 4.78 is 0. The van der Waals surface area contributed by atoms with Crippen molar-refractivity contribution < 1.29 is 0 Å². The Bertz CT molecular complexity index is 758. The third-order valence-electron chi connectivity index (χ3n) is 5.54. The molecule has 3 nitrogen and oxygen atoms in total. The lowest BCUT2D eigenvalue weighted by molar-refractivity contribution is 0.233. The number of aryl methyl sites for hydroxylation is 1. The quantitative estimate of drug-likeness (QED) is 0.881. The van der Waals surface area contributed by atoms with Crippen LogP contribution in [0.15, 0.2) is 36.4 Å². The Labute approximate surface area is 145 Å². The van der Waals surface area contributed by atoms with Crippen LogP contribution in [0.25, 0.3) is 0 Å². The first-order valence-electron chi connectivity index (χ1n) is 8.99. The van der Waals surface area contributed by atoms with Crippen LogP contribution in [0.1, 0.15) is 36.1 Å². The summed E-state index contributed by atoms with van der Waals surface area (Å²) in [6.45, 7) is 12.5. The Morgan fingerprint density at radius 2 is 1.83 bits per heavy atom. The highest BCUT2D eigenvalue weighted by Crippen LogP contribution is 2.46. The van der Waals surface area contributed by atoms with Gasteiger partial charge in [0.15, 0.2) is 0 Å². The molecule has 0 unspecified atom stereocenters. The van der Waals surface area contributed by atoms with Crippen molar-refractivity contribution in [3.8, 4) is 0 Å². The Balaban J connectivity index is 1.70. The first kappa shape index (κ1) is 15.7. The molecule has 2 aliphatic heterocycles. The smallest absolute Gasteiger partial charge is 0.0428 e. The topological polar surface area (TPSA) is 27.3 Å². The lowest BCUT2D eigenvalue weighted by Gasteiger charge is -2.37. The van der Waals surface area contributed by atoms with Gasteiger partial charge in [0, 0.05) is 49.5 Å². The van der Waals surface area contributed by atoms with Crippen LogP contribution in [0.2, 0.25) is 0 Å². The molecule has 1 fully saturated rings. The molecule has 0 atom stereocenters. The number of nitrogens with zero attached hydrogens (tertiary/aromatic N) is 1. The molecule has 1 saturated heterocycles. The molecule has 0 saturated carbocycles. The van der Waals surface area contributed by atoms with E-state index >= 15 is 0 Å². The molecule has 3 heteroatoms. The third kappa shape index (κ3) is 2.62. The second-order valence-electron chi connectivity index (χ2n) is 7.65. The Morgan fingerprint density at radius 1 is 1.04 bits per heavy atom. The number of rotatable bonds is 2. The molecule has 0 bridgehead atoms. The highest BCUT2D eigenvalue weighted by Gasteiger charge is 2.33. The zero-order chi connectivity index (χ0) is 16.7. The van der Waals surface area contributed by atoms with Crippen LogP contribution in [0, 0.1) is 6.92 Å². The van der Waals surface area contributed by atoms with Crippen LogP contribution >= 0.6 is 0 Å². The van der Waals surface area contributed by atoms with Crippen molar-refractivity contribution in [2.24, 2.45) is 0 Å². The average Bonchev–Trinajstić information content (AvgIpc) is 2.56. The van der Waals surface area contributed by atoms with Gasteiger partial charge in [0.05, 0.1) is 0 Å². The molecule has 0 spiro atoms. The van der Waals surface area contributed by atoms with Crippen LogP contribution in [0.4, 0.5) is 11.4 Å². The lowest BCUT2D eigenvalue weighted by atomic mass is 9.72. The molecule has 2 N–H and O–H groups in total. The number of anilines is 2. The summed E-state index contributed by atoms with van der Waals surface area (Å²) in [4.78, 5) is 2.54. The van der Waals surface area contributed by atoms with Gasteiger partial charge in [-0.3, -0.25) is 4.90 Å². The first-order chi connectivity index (χ1) is 11.6. The summed E-state index contributed by atoms with van der Waals surface area (Å²) in [5, 5.41) is 7.07. The van der Waals surface area contributed by atoms with Gasteiger partial charge in [0.1, 0.15) is 0 Å². The van der Waals surface area contributed by atoms with Crippen molar-refractivity contribution >= 4 is 11.4 Å². The lowest BCUT2D eigenvalue weighted by Crippen LogP contribution is -2.42. The molecular weight excluding hydrogens is 294 g/mol. The fourth-order valence-corrected chi connectivity index (χ4v) is 4.32. The first-order valence-corrected chi connectivity index (χ1v) is 8.99. The van der Waals surface area contributed by atoms with Crippen LogP contribution in [-0.4, -0.2) is 31.1 Å². The summed E-state index contributed by atoms with van der Waals surface area (Å²) in [7, 11) is 0. The van der Waals surface area contributed by atoms with E-state index in [9.17, 15) is 0 Å². The molecule has 2 heterocycles. The van der Waals surface area contributed by atoms with E-state index in [0.29, 0.717) is 0 Å². The number of piperazine rings is 1. The second kappa shape index (κ2) is 5.91. The van der Waals surface area contributed by atoms with Crippen LogP contribution < -0.4 is 10.6 Å². The van der Waals surface area contributed by atoms with Crippen molar-refractivity contribution in [1.29, 1.82) is 0 Å². The van der Waals surface area contributed by atoms with Crippen molar-refractivity contribution in [1.82, 2.24) is 10.2 Å². The molecular formula is C21H27N3. The number of hydrogen-bond acceptors (Lipinski definition) is 3. The summed E-state index contributed by atoms with van der Waals surface area (Å²) >= 11 is 0. The molecule has 0 aromatic heterocycles. The minimum absolute atomic E-state index is 0.0285. The molecule has 24 heavy (non-hydrogen) atoms. The van der Waals surface area contributed by atoms with Gasteiger partial charge >= 0.3 is 0 Å². The number of fused-ring (bicyclic) bond motifs is 2. The van der Waals surface area contributed by atoms with Gasteiger partial charge in [-0.1, -0.05) is 38.1 Å². The Morgan fingerprint density at radius 3 is 2.62 bits per heavy atom. The number of nitrogens with one attached hydrogen (secondary N) is 2. The molecule has 2 aromatic carbocycles. The Hall–Kier alpha value is -1.84. The minimum atomic E-state index is 0.0285. The van der Waals surface area contributed by atoms with Gasteiger partial charge in [-0.05, 0) is 41.3 Å². The molecule has 126 valence electrons. The average molecular weight is 321 g/mol. The van der Waals surface area contributed by atoms with Gasteiger partial charge < -0.3 is 10.6 Å². The number of benzene rings is 2. The van der Waals surface area contributed by atoms with E-state index in [1.807, 2.05) is 0 Å². The van der Waals surface area contributed by atoms with Crippen LogP contribution in [-0.2, 0) is 12.0 Å². The van der Waals surface area contributed by atoms with Crippen LogP contribution in [0.5, 0.6) is 0 Å². The SMILES string of the molecule is Cc1cccc2c1C(C)(C)c1cc(CN3CCNCC3)ccc1N2. The summed E-state index contributed by atoms with van der Waals surface area (Å²) in [6, 6.07) is 13.5. The predicted octanol–water partition coefficient (Wildman–Crippen LogP) is 3.78. The maximum absolute atomic E-state index is 3.64. The van der Waals surface area contributed by atoms with Gasteiger partial charge in [-0.15, -0.1) is 0 Å². The fraction of sp³-hybridized carbons (Fsp3) is 0.429. The molecule has 2 aromatic rings. The predicted molar refractivity (Wildman–Crippen MR) is 101 cm³/mol. The van der Waals surface area contributed by atoms with Crippen molar-refractivity contribution in [3.63, 3.8) is 0 Å². The van der Waals surface area contributed by atoms with E-state index in [-0.39, 0.29) is 5.41 Å². The highest BCUT2D eigenvalue weighted by molar-refractivity contribution is 5.77. The third-order valence-corrected chi connectivity index (χ3v) is 5.54. The molecule has 0 amide bonds. The van der Waals surface area contributed by atoms with E-state index in [2.05, 4.69) is 72.7 Å². The maximum Gasteiger partial charge on any atom is 0.0428 e. The normalized spacial score (nSPS) is 19.3. The zero-order valence-electron chi connectivity index (χ0n) is 14.9. The van der Waals surface area contributed by atoms with E-state index in [4.69, 9.17) is 0 Å². The van der Waals surface area contributed by atoms with E-state index in [0.717, 1.165) is 32.7 Å². The molecule has 2 aliphatic rings. The Kier molecular flexibility index (Phi) is 3.86. The fourth-order valence-electron chi connectivity index (χ4n) is 4.32. The van der Waals surface area contributed by atoms with Gasteiger partial charge in [-0.2, -0.15) is 0 Å². The molecule has 0 radical (unpaired) electrons. The highest BCUT2D eigenvalue weighted by atomic mass is 15.2. The summed E-state index contributed by atoms with van der Waals surface area (Å²) in [6.07, 6.45) is 0. The van der Waals surface area contributed by atoms with Crippen molar-refractivity contribution in [3.05, 3.63) is 58.7 Å². The van der Waals surface area contributed by atoms with Gasteiger partial charge in [0.2, 0.25) is 0 Å². The zero-order valence-corrected chi connectivity index (χ0v) is 14.9.